The molecule has 0 bridgehead atoms. The molecule has 0 saturated heterocycles. The molecule has 0 aliphatic rings. The van der Waals surface area contributed by atoms with Crippen molar-refractivity contribution >= 4 is 10.0 Å². The van der Waals surface area contributed by atoms with E-state index in [1.807, 2.05) is 55.8 Å². The van der Waals surface area contributed by atoms with E-state index in [2.05, 4.69) is 9.82 Å². The first-order valence-electron chi connectivity index (χ1n) is 6.90. The van der Waals surface area contributed by atoms with Crippen molar-refractivity contribution in [2.24, 2.45) is 0 Å². The van der Waals surface area contributed by atoms with Gasteiger partial charge >= 0.3 is 0 Å². The highest BCUT2D eigenvalue weighted by atomic mass is 32.2. The van der Waals surface area contributed by atoms with E-state index in [-0.39, 0.29) is 5.75 Å². The molecule has 1 aromatic heterocycles. The van der Waals surface area contributed by atoms with Crippen LogP contribution < -0.4 is 4.72 Å². The van der Waals surface area contributed by atoms with Crippen molar-refractivity contribution in [1.82, 2.24) is 14.5 Å². The summed E-state index contributed by atoms with van der Waals surface area (Å²) in [5, 5.41) is 4.31. The zero-order chi connectivity index (χ0) is 15.5. The molecule has 1 heterocycles. The maximum absolute atomic E-state index is 12.0. The summed E-state index contributed by atoms with van der Waals surface area (Å²) in [4.78, 5) is 0. The molecule has 2 aromatic rings. The fourth-order valence-electron chi connectivity index (χ4n) is 2.16. The molecule has 0 radical (unpaired) electrons. The number of nitrogens with zero attached hydrogens (tertiary/aromatic N) is 2. The SMILES string of the molecule is Cc1ccc(CS(=O)(=O)NCCn2nc(C)cc2C)cc1. The van der Waals surface area contributed by atoms with Crippen molar-refractivity contribution in [3.05, 3.63) is 52.8 Å². The van der Waals surface area contributed by atoms with E-state index in [0.717, 1.165) is 22.5 Å². The van der Waals surface area contributed by atoms with Gasteiger partial charge in [-0.2, -0.15) is 5.10 Å². The number of benzene rings is 1. The largest absolute Gasteiger partial charge is 0.268 e. The van der Waals surface area contributed by atoms with Gasteiger partial charge in [-0.1, -0.05) is 29.8 Å². The van der Waals surface area contributed by atoms with Gasteiger partial charge in [-0.3, -0.25) is 4.68 Å². The van der Waals surface area contributed by atoms with Crippen LogP contribution in [0.3, 0.4) is 0 Å². The standard InChI is InChI=1S/C15H21N3O2S/c1-12-4-6-15(7-5-12)11-21(19,20)16-8-9-18-14(3)10-13(2)17-18/h4-7,10,16H,8-9,11H2,1-3H3. The molecule has 1 N–H and O–H groups in total. The van der Waals surface area contributed by atoms with Crippen LogP contribution in [-0.4, -0.2) is 24.7 Å². The van der Waals surface area contributed by atoms with Crippen molar-refractivity contribution in [2.75, 3.05) is 6.54 Å². The maximum Gasteiger partial charge on any atom is 0.215 e. The minimum atomic E-state index is -3.31. The average Bonchev–Trinajstić information content (AvgIpc) is 2.70. The third kappa shape index (κ3) is 4.68. The number of aromatic nitrogens is 2. The van der Waals surface area contributed by atoms with Crippen molar-refractivity contribution in [1.29, 1.82) is 0 Å². The molecular formula is C15H21N3O2S. The fourth-order valence-corrected chi connectivity index (χ4v) is 3.30. The van der Waals surface area contributed by atoms with Crippen LogP contribution in [0.4, 0.5) is 0 Å². The second-order valence-corrected chi connectivity index (χ2v) is 7.10. The molecule has 0 saturated carbocycles. The topological polar surface area (TPSA) is 64.0 Å². The lowest BCUT2D eigenvalue weighted by atomic mass is 10.2. The van der Waals surface area contributed by atoms with Crippen LogP contribution >= 0.6 is 0 Å². The van der Waals surface area contributed by atoms with Crippen molar-refractivity contribution in [2.45, 2.75) is 33.1 Å². The summed E-state index contributed by atoms with van der Waals surface area (Å²) in [5.41, 5.74) is 3.88. The summed E-state index contributed by atoms with van der Waals surface area (Å²) >= 11 is 0. The fraction of sp³-hybridized carbons (Fsp3) is 0.400. The van der Waals surface area contributed by atoms with Gasteiger partial charge in [-0.25, -0.2) is 13.1 Å². The van der Waals surface area contributed by atoms with Crippen LogP contribution in [0.15, 0.2) is 30.3 Å². The molecule has 6 heteroatoms. The second kappa shape index (κ2) is 6.41. The second-order valence-electron chi connectivity index (χ2n) is 5.29. The van der Waals surface area contributed by atoms with Gasteiger partial charge in [0.15, 0.2) is 0 Å². The van der Waals surface area contributed by atoms with E-state index in [1.165, 1.54) is 0 Å². The minimum absolute atomic E-state index is 0.00436. The first-order chi connectivity index (χ1) is 9.85. The Bertz CT molecular complexity index is 703. The lowest BCUT2D eigenvalue weighted by Gasteiger charge is -2.08. The predicted octanol–water partition coefficient (Wildman–Crippen LogP) is 1.93. The zero-order valence-corrected chi connectivity index (χ0v) is 13.4. The Morgan fingerprint density at radius 3 is 2.38 bits per heavy atom. The smallest absolute Gasteiger partial charge is 0.215 e. The highest BCUT2D eigenvalue weighted by molar-refractivity contribution is 7.88. The lowest BCUT2D eigenvalue weighted by molar-refractivity contribution is 0.554. The van der Waals surface area contributed by atoms with Crippen LogP contribution in [0.1, 0.15) is 22.5 Å². The molecule has 0 spiro atoms. The monoisotopic (exact) mass is 307 g/mol. The molecule has 0 fully saturated rings. The molecule has 2 rings (SSSR count). The molecule has 0 aliphatic carbocycles. The average molecular weight is 307 g/mol. The Morgan fingerprint density at radius 2 is 1.81 bits per heavy atom. The Balaban J connectivity index is 1.89. The Labute approximate surface area is 126 Å². The zero-order valence-electron chi connectivity index (χ0n) is 12.6. The summed E-state index contributed by atoms with van der Waals surface area (Å²) in [6.45, 7) is 6.74. The highest BCUT2D eigenvalue weighted by Crippen LogP contribution is 2.07. The number of aryl methyl sites for hydroxylation is 3. The van der Waals surface area contributed by atoms with Gasteiger partial charge in [0.05, 0.1) is 18.0 Å². The molecule has 0 aliphatic heterocycles. The number of nitrogens with one attached hydrogen (secondary N) is 1. The molecule has 5 nitrogen and oxygen atoms in total. The van der Waals surface area contributed by atoms with Gasteiger partial charge in [0.2, 0.25) is 10.0 Å². The van der Waals surface area contributed by atoms with Gasteiger partial charge in [0.1, 0.15) is 0 Å². The third-order valence-electron chi connectivity index (χ3n) is 3.23. The van der Waals surface area contributed by atoms with E-state index in [0.29, 0.717) is 13.1 Å². The quantitative estimate of drug-likeness (QED) is 0.887. The van der Waals surface area contributed by atoms with Gasteiger partial charge in [0, 0.05) is 12.2 Å². The molecule has 1 aromatic carbocycles. The summed E-state index contributed by atoms with van der Waals surface area (Å²) < 4.78 is 28.5. The van der Waals surface area contributed by atoms with Crippen LogP contribution in [-0.2, 0) is 22.3 Å². The number of rotatable bonds is 6. The van der Waals surface area contributed by atoms with Crippen molar-refractivity contribution < 1.29 is 8.42 Å². The number of sulfonamides is 1. The minimum Gasteiger partial charge on any atom is -0.268 e. The van der Waals surface area contributed by atoms with Crippen molar-refractivity contribution in [3.8, 4) is 0 Å². The summed E-state index contributed by atoms with van der Waals surface area (Å²) in [6, 6.07) is 9.49. The van der Waals surface area contributed by atoms with E-state index < -0.39 is 10.0 Å². The molecular weight excluding hydrogens is 286 g/mol. The van der Waals surface area contributed by atoms with E-state index in [1.54, 1.807) is 0 Å². The molecule has 0 amide bonds. The highest BCUT2D eigenvalue weighted by Gasteiger charge is 2.11. The lowest BCUT2D eigenvalue weighted by Crippen LogP contribution is -2.29. The summed E-state index contributed by atoms with van der Waals surface area (Å²) in [6.07, 6.45) is 0. The maximum atomic E-state index is 12.0. The normalized spacial score (nSPS) is 11.8. The molecule has 0 unspecified atom stereocenters. The van der Waals surface area contributed by atoms with Crippen LogP contribution in [0.2, 0.25) is 0 Å². The van der Waals surface area contributed by atoms with Gasteiger partial charge in [-0.05, 0) is 32.4 Å². The molecule has 21 heavy (non-hydrogen) atoms. The third-order valence-corrected chi connectivity index (χ3v) is 4.58. The first-order valence-corrected chi connectivity index (χ1v) is 8.55. The van der Waals surface area contributed by atoms with E-state index >= 15 is 0 Å². The molecule has 0 atom stereocenters. The Hall–Kier alpha value is -1.66. The Morgan fingerprint density at radius 1 is 1.14 bits per heavy atom. The van der Waals surface area contributed by atoms with Gasteiger partial charge < -0.3 is 0 Å². The molecule has 114 valence electrons. The van der Waals surface area contributed by atoms with Crippen molar-refractivity contribution in [3.63, 3.8) is 0 Å². The summed E-state index contributed by atoms with van der Waals surface area (Å²) in [7, 11) is -3.31. The van der Waals surface area contributed by atoms with Gasteiger partial charge in [-0.15, -0.1) is 0 Å². The Kier molecular flexibility index (Phi) is 4.80. The number of hydrogen-bond donors (Lipinski definition) is 1. The predicted molar refractivity (Wildman–Crippen MR) is 83.5 cm³/mol. The summed E-state index contributed by atoms with van der Waals surface area (Å²) in [5.74, 6) is 0.00436. The van der Waals surface area contributed by atoms with Crippen LogP contribution in [0.25, 0.3) is 0 Å². The van der Waals surface area contributed by atoms with Gasteiger partial charge in [0.25, 0.3) is 0 Å². The van der Waals surface area contributed by atoms with Crippen LogP contribution in [0, 0.1) is 20.8 Å². The van der Waals surface area contributed by atoms with Crippen LogP contribution in [0.5, 0.6) is 0 Å². The number of hydrogen-bond acceptors (Lipinski definition) is 3. The van der Waals surface area contributed by atoms with E-state index in [9.17, 15) is 8.42 Å². The first kappa shape index (κ1) is 15.7. The van der Waals surface area contributed by atoms with E-state index in [4.69, 9.17) is 0 Å².